The summed E-state index contributed by atoms with van der Waals surface area (Å²) in [4.78, 5) is 0.384. The standard InChI is InChI=1S/C11H13NO2S/c1-7-6-15(13,14)11-5-9(8(2)12)3-4-10(7)11/h3-6,8H,12H2,1-2H3. The number of nitrogens with two attached hydrogens (primary N) is 1. The van der Waals surface area contributed by atoms with Crippen LogP contribution in [0.15, 0.2) is 28.5 Å². The van der Waals surface area contributed by atoms with Crippen molar-refractivity contribution in [3.8, 4) is 0 Å². The Morgan fingerprint density at radius 2 is 2.00 bits per heavy atom. The first kappa shape index (κ1) is 10.4. The summed E-state index contributed by atoms with van der Waals surface area (Å²) < 4.78 is 23.4. The molecule has 0 saturated carbocycles. The number of hydrogen-bond donors (Lipinski definition) is 1. The molecular formula is C11H13NO2S. The van der Waals surface area contributed by atoms with Crippen molar-refractivity contribution in [1.29, 1.82) is 0 Å². The van der Waals surface area contributed by atoms with Crippen molar-refractivity contribution in [3.63, 3.8) is 0 Å². The smallest absolute Gasteiger partial charge is 0.200 e. The number of benzene rings is 1. The van der Waals surface area contributed by atoms with Crippen molar-refractivity contribution in [2.24, 2.45) is 5.73 Å². The van der Waals surface area contributed by atoms with Gasteiger partial charge in [0.1, 0.15) is 0 Å². The summed E-state index contributed by atoms with van der Waals surface area (Å²) in [5.41, 5.74) is 8.15. The van der Waals surface area contributed by atoms with Crippen LogP contribution in [0.4, 0.5) is 0 Å². The van der Waals surface area contributed by atoms with Crippen LogP contribution >= 0.6 is 0 Å². The highest BCUT2D eigenvalue weighted by atomic mass is 32.2. The van der Waals surface area contributed by atoms with Gasteiger partial charge in [-0.05, 0) is 36.6 Å². The van der Waals surface area contributed by atoms with E-state index in [0.717, 1.165) is 16.7 Å². The van der Waals surface area contributed by atoms with E-state index in [1.54, 1.807) is 13.0 Å². The van der Waals surface area contributed by atoms with Gasteiger partial charge in [-0.2, -0.15) is 0 Å². The van der Waals surface area contributed by atoms with Gasteiger partial charge >= 0.3 is 0 Å². The molecule has 80 valence electrons. The number of hydrogen-bond acceptors (Lipinski definition) is 3. The van der Waals surface area contributed by atoms with Gasteiger partial charge in [-0.3, -0.25) is 0 Å². The van der Waals surface area contributed by atoms with Crippen LogP contribution in [0.3, 0.4) is 0 Å². The monoisotopic (exact) mass is 223 g/mol. The second-order valence-electron chi connectivity index (χ2n) is 3.89. The zero-order chi connectivity index (χ0) is 11.2. The highest BCUT2D eigenvalue weighted by molar-refractivity contribution is 7.95. The maximum absolute atomic E-state index is 11.7. The van der Waals surface area contributed by atoms with Crippen LogP contribution in [0.2, 0.25) is 0 Å². The van der Waals surface area contributed by atoms with E-state index in [1.807, 2.05) is 19.1 Å². The van der Waals surface area contributed by atoms with Crippen LogP contribution in [-0.2, 0) is 9.84 Å². The molecule has 0 aromatic heterocycles. The molecule has 1 unspecified atom stereocenters. The molecule has 1 aliphatic rings. The van der Waals surface area contributed by atoms with Gasteiger partial charge < -0.3 is 5.73 Å². The fourth-order valence-corrected chi connectivity index (χ4v) is 3.30. The minimum Gasteiger partial charge on any atom is -0.324 e. The van der Waals surface area contributed by atoms with Crippen molar-refractivity contribution in [2.75, 3.05) is 0 Å². The van der Waals surface area contributed by atoms with Gasteiger partial charge in [-0.15, -0.1) is 0 Å². The molecule has 1 aromatic carbocycles. The minimum absolute atomic E-state index is 0.147. The summed E-state index contributed by atoms with van der Waals surface area (Å²) in [6.45, 7) is 3.64. The van der Waals surface area contributed by atoms with Crippen LogP contribution in [0.5, 0.6) is 0 Å². The molecule has 2 rings (SSSR count). The maximum Gasteiger partial charge on any atom is 0.200 e. The number of rotatable bonds is 1. The van der Waals surface area contributed by atoms with Crippen molar-refractivity contribution in [2.45, 2.75) is 24.8 Å². The lowest BCUT2D eigenvalue weighted by molar-refractivity contribution is 0.605. The lowest BCUT2D eigenvalue weighted by atomic mass is 10.0. The summed E-state index contributed by atoms with van der Waals surface area (Å²) in [5.74, 6) is 0. The average Bonchev–Trinajstić information content (AvgIpc) is 2.37. The largest absolute Gasteiger partial charge is 0.324 e. The van der Waals surface area contributed by atoms with Crippen molar-refractivity contribution in [1.82, 2.24) is 0 Å². The molecule has 0 aliphatic carbocycles. The fourth-order valence-electron chi connectivity index (χ4n) is 1.74. The second kappa shape index (κ2) is 3.18. The van der Waals surface area contributed by atoms with E-state index in [0.29, 0.717) is 4.90 Å². The van der Waals surface area contributed by atoms with E-state index < -0.39 is 9.84 Å². The second-order valence-corrected chi connectivity index (χ2v) is 5.66. The summed E-state index contributed by atoms with van der Waals surface area (Å²) in [7, 11) is -3.23. The number of sulfone groups is 1. The third kappa shape index (κ3) is 1.60. The first-order valence-electron chi connectivity index (χ1n) is 4.75. The van der Waals surface area contributed by atoms with E-state index in [1.165, 1.54) is 5.41 Å². The van der Waals surface area contributed by atoms with Crippen molar-refractivity contribution >= 4 is 15.4 Å². The number of fused-ring (bicyclic) bond motifs is 1. The molecule has 0 radical (unpaired) electrons. The van der Waals surface area contributed by atoms with E-state index >= 15 is 0 Å². The van der Waals surface area contributed by atoms with Gasteiger partial charge in [0, 0.05) is 11.4 Å². The maximum atomic E-state index is 11.7. The molecule has 2 N–H and O–H groups in total. The van der Waals surface area contributed by atoms with Gasteiger partial charge in [0.2, 0.25) is 9.84 Å². The van der Waals surface area contributed by atoms with E-state index in [2.05, 4.69) is 0 Å². The summed E-state index contributed by atoms with van der Waals surface area (Å²) >= 11 is 0. The van der Waals surface area contributed by atoms with Gasteiger partial charge in [0.25, 0.3) is 0 Å². The first-order valence-corrected chi connectivity index (χ1v) is 6.30. The Hall–Kier alpha value is -1.13. The van der Waals surface area contributed by atoms with Crippen LogP contribution < -0.4 is 5.73 Å². The molecule has 15 heavy (non-hydrogen) atoms. The first-order chi connectivity index (χ1) is 6.92. The lowest BCUT2D eigenvalue weighted by Crippen LogP contribution is -2.06. The minimum atomic E-state index is -3.23. The van der Waals surface area contributed by atoms with Gasteiger partial charge in [0.05, 0.1) is 4.90 Å². The Morgan fingerprint density at radius 1 is 1.33 bits per heavy atom. The molecule has 0 bridgehead atoms. The molecule has 0 saturated heterocycles. The molecule has 1 heterocycles. The molecule has 0 fully saturated rings. The topological polar surface area (TPSA) is 60.2 Å². The molecule has 4 heteroatoms. The lowest BCUT2D eigenvalue weighted by Gasteiger charge is -2.08. The Labute approximate surface area is 89.5 Å². The Morgan fingerprint density at radius 3 is 2.60 bits per heavy atom. The Balaban J connectivity index is 2.68. The zero-order valence-corrected chi connectivity index (χ0v) is 9.51. The van der Waals surface area contributed by atoms with Gasteiger partial charge in [0.15, 0.2) is 0 Å². The van der Waals surface area contributed by atoms with E-state index in [9.17, 15) is 8.42 Å². The Kier molecular flexibility index (Phi) is 2.20. The van der Waals surface area contributed by atoms with Crippen LogP contribution in [0.1, 0.15) is 31.0 Å². The summed E-state index contributed by atoms with van der Waals surface area (Å²) in [6.07, 6.45) is 0. The highest BCUT2D eigenvalue weighted by Crippen LogP contribution is 2.34. The van der Waals surface area contributed by atoms with Gasteiger partial charge in [-0.25, -0.2) is 8.42 Å². The summed E-state index contributed by atoms with van der Waals surface area (Å²) in [5, 5.41) is 1.31. The quantitative estimate of drug-likeness (QED) is 0.790. The van der Waals surface area contributed by atoms with Gasteiger partial charge in [-0.1, -0.05) is 12.1 Å². The molecule has 1 aromatic rings. The highest BCUT2D eigenvalue weighted by Gasteiger charge is 2.25. The SMILES string of the molecule is CC1=CS(=O)(=O)c2cc(C(C)N)ccc21. The normalized spacial score (nSPS) is 19.5. The van der Waals surface area contributed by atoms with E-state index in [4.69, 9.17) is 5.73 Å². The molecular weight excluding hydrogens is 210 g/mol. The Bertz CT molecular complexity index is 542. The van der Waals surface area contributed by atoms with Crippen LogP contribution in [-0.4, -0.2) is 8.42 Å². The van der Waals surface area contributed by atoms with Crippen LogP contribution in [0, 0.1) is 0 Å². The molecule has 1 aliphatic heterocycles. The number of allylic oxidation sites excluding steroid dienone is 1. The van der Waals surface area contributed by atoms with Crippen molar-refractivity contribution in [3.05, 3.63) is 34.7 Å². The zero-order valence-electron chi connectivity index (χ0n) is 8.69. The predicted molar refractivity (Wildman–Crippen MR) is 59.9 cm³/mol. The third-order valence-corrected chi connectivity index (χ3v) is 4.21. The molecule has 0 spiro atoms. The average molecular weight is 223 g/mol. The van der Waals surface area contributed by atoms with Crippen molar-refractivity contribution < 1.29 is 8.42 Å². The fraction of sp³-hybridized carbons (Fsp3) is 0.273. The third-order valence-electron chi connectivity index (χ3n) is 2.59. The predicted octanol–water partition coefficient (Wildman–Crippen LogP) is 1.85. The van der Waals surface area contributed by atoms with E-state index in [-0.39, 0.29) is 6.04 Å². The molecule has 0 amide bonds. The van der Waals surface area contributed by atoms with Crippen LogP contribution in [0.25, 0.3) is 5.57 Å². The molecule has 1 atom stereocenters. The molecule has 3 nitrogen and oxygen atoms in total. The summed E-state index contributed by atoms with van der Waals surface area (Å²) in [6, 6.07) is 5.22.